The van der Waals surface area contributed by atoms with Gasteiger partial charge in [-0.2, -0.15) is 0 Å². The molecular weight excluding hydrogens is 270 g/mol. The summed E-state index contributed by atoms with van der Waals surface area (Å²) in [6.07, 6.45) is 2.39. The van der Waals surface area contributed by atoms with Gasteiger partial charge in [0.15, 0.2) is 0 Å². The summed E-state index contributed by atoms with van der Waals surface area (Å²) in [5.41, 5.74) is 2.84. The Morgan fingerprint density at radius 1 is 1.35 bits per heavy atom. The first-order valence-corrected chi connectivity index (χ1v) is 8.36. The smallest absolute Gasteiger partial charge is 0.122 e. The lowest BCUT2D eigenvalue weighted by atomic mass is 9.84. The number of nitrogens with zero attached hydrogens (tertiary/aromatic N) is 1. The van der Waals surface area contributed by atoms with Gasteiger partial charge in [-0.3, -0.25) is 4.90 Å². The monoisotopic (exact) mass is 293 g/mol. The maximum absolute atomic E-state index is 6.02. The second-order valence-electron chi connectivity index (χ2n) is 5.52. The molecule has 1 heterocycles. The standard InChI is InChI=1S/C16H23NO2S/c1-4-20-16-6-5-14(18-3)11-9-13-15(10-12(11)16)19-8-7-17(13)2/h5-6,13,15H,4,7-10H2,1-3H3/t13-,15-/m1/s1. The molecule has 2 aliphatic rings. The zero-order valence-electron chi connectivity index (χ0n) is 12.5. The Morgan fingerprint density at radius 3 is 2.95 bits per heavy atom. The molecule has 2 atom stereocenters. The molecule has 1 aliphatic heterocycles. The lowest BCUT2D eigenvalue weighted by Crippen LogP contribution is -2.53. The summed E-state index contributed by atoms with van der Waals surface area (Å²) in [5, 5.41) is 0. The minimum Gasteiger partial charge on any atom is -0.496 e. The predicted molar refractivity (Wildman–Crippen MR) is 83.0 cm³/mol. The Balaban J connectivity index is 2.00. The number of ether oxygens (including phenoxy) is 2. The summed E-state index contributed by atoms with van der Waals surface area (Å²) in [6, 6.07) is 4.83. The molecule has 0 N–H and O–H groups in total. The molecule has 20 heavy (non-hydrogen) atoms. The highest BCUT2D eigenvalue weighted by atomic mass is 32.2. The van der Waals surface area contributed by atoms with E-state index in [9.17, 15) is 0 Å². The van der Waals surface area contributed by atoms with Crippen molar-refractivity contribution in [3.05, 3.63) is 23.3 Å². The van der Waals surface area contributed by atoms with Gasteiger partial charge < -0.3 is 9.47 Å². The number of hydrogen-bond donors (Lipinski definition) is 0. The maximum Gasteiger partial charge on any atom is 0.122 e. The molecule has 1 aromatic carbocycles. The van der Waals surface area contributed by atoms with Crippen LogP contribution in [0.4, 0.5) is 0 Å². The molecule has 110 valence electrons. The molecule has 1 aliphatic carbocycles. The molecule has 0 spiro atoms. The molecule has 0 amide bonds. The highest BCUT2D eigenvalue weighted by Crippen LogP contribution is 2.39. The summed E-state index contributed by atoms with van der Waals surface area (Å²) in [4.78, 5) is 3.84. The van der Waals surface area contributed by atoms with Crippen LogP contribution in [0, 0.1) is 0 Å². The van der Waals surface area contributed by atoms with Crippen molar-refractivity contribution in [3.63, 3.8) is 0 Å². The van der Waals surface area contributed by atoms with Crippen LogP contribution in [-0.4, -0.2) is 50.1 Å². The molecule has 3 rings (SSSR count). The summed E-state index contributed by atoms with van der Waals surface area (Å²) in [5.74, 6) is 2.14. The molecule has 0 bridgehead atoms. The molecule has 0 unspecified atom stereocenters. The minimum absolute atomic E-state index is 0.338. The third-order valence-corrected chi connectivity index (χ3v) is 5.44. The van der Waals surface area contributed by atoms with Crippen LogP contribution in [0.15, 0.2) is 17.0 Å². The molecule has 1 fully saturated rings. The number of morpholine rings is 1. The van der Waals surface area contributed by atoms with Crippen LogP contribution in [0.1, 0.15) is 18.1 Å². The first-order valence-electron chi connectivity index (χ1n) is 7.38. The number of likely N-dealkylation sites (N-methyl/N-ethyl adjacent to an activating group) is 1. The molecule has 3 nitrogen and oxygen atoms in total. The van der Waals surface area contributed by atoms with Crippen LogP contribution in [-0.2, 0) is 17.6 Å². The first-order chi connectivity index (χ1) is 9.74. The van der Waals surface area contributed by atoms with Gasteiger partial charge in [0, 0.05) is 29.5 Å². The van der Waals surface area contributed by atoms with E-state index in [0.717, 1.165) is 37.5 Å². The van der Waals surface area contributed by atoms with Gasteiger partial charge in [-0.1, -0.05) is 6.92 Å². The Morgan fingerprint density at radius 2 is 2.20 bits per heavy atom. The quantitative estimate of drug-likeness (QED) is 0.799. The summed E-state index contributed by atoms with van der Waals surface area (Å²) < 4.78 is 11.6. The van der Waals surface area contributed by atoms with Gasteiger partial charge in [0.1, 0.15) is 5.75 Å². The number of thioether (sulfide) groups is 1. The van der Waals surface area contributed by atoms with Crippen molar-refractivity contribution in [2.24, 2.45) is 0 Å². The lowest BCUT2D eigenvalue weighted by Gasteiger charge is -2.43. The van der Waals surface area contributed by atoms with Crippen LogP contribution in [0.25, 0.3) is 0 Å². The van der Waals surface area contributed by atoms with Gasteiger partial charge >= 0.3 is 0 Å². The van der Waals surface area contributed by atoms with Crippen LogP contribution < -0.4 is 4.74 Å². The third-order valence-electron chi connectivity index (χ3n) is 4.45. The fourth-order valence-electron chi connectivity index (χ4n) is 3.38. The number of methoxy groups -OCH3 is 1. The van der Waals surface area contributed by atoms with Gasteiger partial charge in [0.25, 0.3) is 0 Å². The molecule has 1 saturated heterocycles. The first kappa shape index (κ1) is 14.2. The largest absolute Gasteiger partial charge is 0.496 e. The number of fused-ring (bicyclic) bond motifs is 2. The van der Waals surface area contributed by atoms with Gasteiger partial charge in [0.05, 0.1) is 19.8 Å². The molecule has 0 aromatic heterocycles. The molecular formula is C16H23NO2S. The minimum atomic E-state index is 0.338. The van der Waals surface area contributed by atoms with Gasteiger partial charge in [-0.15, -0.1) is 11.8 Å². The number of hydrogen-bond acceptors (Lipinski definition) is 4. The second kappa shape index (κ2) is 5.96. The van der Waals surface area contributed by atoms with E-state index in [-0.39, 0.29) is 0 Å². The van der Waals surface area contributed by atoms with Crippen molar-refractivity contribution in [2.45, 2.75) is 36.8 Å². The molecule has 4 heteroatoms. The third kappa shape index (κ3) is 2.45. The zero-order valence-corrected chi connectivity index (χ0v) is 13.3. The number of benzene rings is 1. The van der Waals surface area contributed by atoms with Crippen molar-refractivity contribution >= 4 is 11.8 Å². The fourth-order valence-corrected chi connectivity index (χ4v) is 4.24. The zero-order chi connectivity index (χ0) is 14.1. The Labute approximate surface area is 125 Å². The van der Waals surface area contributed by atoms with E-state index in [1.165, 1.54) is 16.0 Å². The fraction of sp³-hybridized carbons (Fsp3) is 0.625. The summed E-state index contributed by atoms with van der Waals surface area (Å²) in [6.45, 7) is 4.09. The maximum atomic E-state index is 6.02. The van der Waals surface area contributed by atoms with Crippen LogP contribution in [0.2, 0.25) is 0 Å². The topological polar surface area (TPSA) is 21.7 Å². The Bertz CT molecular complexity index is 492. The van der Waals surface area contributed by atoms with Crippen molar-refractivity contribution < 1.29 is 9.47 Å². The molecule has 0 saturated carbocycles. The summed E-state index contributed by atoms with van der Waals surface area (Å²) >= 11 is 1.92. The van der Waals surface area contributed by atoms with Crippen molar-refractivity contribution in [3.8, 4) is 5.75 Å². The average Bonchev–Trinajstić information content (AvgIpc) is 2.47. The van der Waals surface area contributed by atoms with Crippen LogP contribution in [0.5, 0.6) is 5.75 Å². The van der Waals surface area contributed by atoms with E-state index >= 15 is 0 Å². The Kier molecular flexibility index (Phi) is 4.24. The van der Waals surface area contributed by atoms with E-state index in [2.05, 4.69) is 31.0 Å². The van der Waals surface area contributed by atoms with Gasteiger partial charge in [-0.25, -0.2) is 0 Å². The molecule has 0 radical (unpaired) electrons. The van der Waals surface area contributed by atoms with E-state index in [4.69, 9.17) is 9.47 Å². The second-order valence-corrected chi connectivity index (χ2v) is 6.83. The van der Waals surface area contributed by atoms with Crippen molar-refractivity contribution in [2.75, 3.05) is 33.1 Å². The van der Waals surface area contributed by atoms with Crippen molar-refractivity contribution in [1.82, 2.24) is 4.90 Å². The average molecular weight is 293 g/mol. The van der Waals surface area contributed by atoms with Gasteiger partial charge in [-0.05, 0) is 36.9 Å². The number of rotatable bonds is 3. The van der Waals surface area contributed by atoms with E-state index in [1.54, 1.807) is 7.11 Å². The van der Waals surface area contributed by atoms with E-state index < -0.39 is 0 Å². The highest BCUT2D eigenvalue weighted by Gasteiger charge is 2.36. The van der Waals surface area contributed by atoms with Gasteiger partial charge in [0.2, 0.25) is 0 Å². The van der Waals surface area contributed by atoms with Crippen LogP contribution in [0.3, 0.4) is 0 Å². The lowest BCUT2D eigenvalue weighted by molar-refractivity contribution is -0.0649. The highest BCUT2D eigenvalue weighted by molar-refractivity contribution is 7.99. The van der Waals surface area contributed by atoms with Crippen molar-refractivity contribution in [1.29, 1.82) is 0 Å². The summed E-state index contributed by atoms with van der Waals surface area (Å²) in [7, 11) is 3.98. The molecule has 1 aromatic rings. The Hall–Kier alpha value is -0.710. The van der Waals surface area contributed by atoms with E-state index in [1.807, 2.05) is 11.8 Å². The normalized spacial score (nSPS) is 25.9. The predicted octanol–water partition coefficient (Wildman–Crippen LogP) is 2.61. The SMILES string of the molecule is CCSc1ccc(OC)c2c1C[C@H]1OCCN(C)[C@@H]1C2. The van der Waals surface area contributed by atoms with Crippen LogP contribution >= 0.6 is 11.8 Å². The van der Waals surface area contributed by atoms with E-state index in [0.29, 0.717) is 12.1 Å².